The van der Waals surface area contributed by atoms with Gasteiger partial charge in [0.25, 0.3) is 5.91 Å². The summed E-state index contributed by atoms with van der Waals surface area (Å²) in [4.78, 5) is 12.3. The van der Waals surface area contributed by atoms with Gasteiger partial charge in [-0.1, -0.05) is 26.0 Å². The molecule has 140 valence electrons. The van der Waals surface area contributed by atoms with E-state index in [0.29, 0.717) is 41.9 Å². The quantitative estimate of drug-likeness (QED) is 0.735. The number of hydrogen-bond acceptors (Lipinski definition) is 4. The second-order valence-electron chi connectivity index (χ2n) is 6.30. The van der Waals surface area contributed by atoms with Gasteiger partial charge in [0.15, 0.2) is 11.5 Å². The molecular formula is C21H27NO4. The topological polar surface area (TPSA) is 56.8 Å². The summed E-state index contributed by atoms with van der Waals surface area (Å²) in [5, 5.41) is 2.93. The van der Waals surface area contributed by atoms with E-state index in [9.17, 15) is 4.79 Å². The monoisotopic (exact) mass is 357 g/mol. The van der Waals surface area contributed by atoms with Gasteiger partial charge in [-0.15, -0.1) is 0 Å². The zero-order valence-corrected chi connectivity index (χ0v) is 15.9. The molecule has 0 unspecified atom stereocenters. The Morgan fingerprint density at radius 1 is 1.04 bits per heavy atom. The van der Waals surface area contributed by atoms with Crippen molar-refractivity contribution in [3.05, 3.63) is 53.6 Å². The molecule has 26 heavy (non-hydrogen) atoms. The SMILES string of the molecule is CCOc1ccc(C(=O)NCC(C)C)cc1COc1ccccc1OC. The first kappa shape index (κ1) is 19.6. The van der Waals surface area contributed by atoms with E-state index in [4.69, 9.17) is 14.2 Å². The molecule has 0 bridgehead atoms. The molecule has 1 amide bonds. The van der Waals surface area contributed by atoms with Crippen molar-refractivity contribution >= 4 is 5.91 Å². The van der Waals surface area contributed by atoms with E-state index in [0.717, 1.165) is 5.56 Å². The van der Waals surface area contributed by atoms with Gasteiger partial charge in [-0.3, -0.25) is 4.79 Å². The first-order chi connectivity index (χ1) is 12.5. The van der Waals surface area contributed by atoms with Crippen molar-refractivity contribution in [3.8, 4) is 17.2 Å². The van der Waals surface area contributed by atoms with E-state index >= 15 is 0 Å². The van der Waals surface area contributed by atoms with Crippen molar-refractivity contribution in [3.63, 3.8) is 0 Å². The maximum atomic E-state index is 12.3. The highest BCUT2D eigenvalue weighted by Crippen LogP contribution is 2.28. The molecule has 5 nitrogen and oxygen atoms in total. The number of methoxy groups -OCH3 is 1. The van der Waals surface area contributed by atoms with Crippen LogP contribution in [0.25, 0.3) is 0 Å². The lowest BCUT2D eigenvalue weighted by Gasteiger charge is -2.15. The summed E-state index contributed by atoms with van der Waals surface area (Å²) < 4.78 is 16.9. The third-order valence-corrected chi connectivity index (χ3v) is 3.75. The lowest BCUT2D eigenvalue weighted by molar-refractivity contribution is 0.0948. The summed E-state index contributed by atoms with van der Waals surface area (Å²) in [6.45, 7) is 7.50. The van der Waals surface area contributed by atoms with E-state index in [1.54, 1.807) is 13.2 Å². The zero-order valence-electron chi connectivity index (χ0n) is 15.9. The fraction of sp³-hybridized carbons (Fsp3) is 0.381. The van der Waals surface area contributed by atoms with Gasteiger partial charge < -0.3 is 19.5 Å². The molecule has 1 N–H and O–H groups in total. The molecule has 0 radical (unpaired) electrons. The van der Waals surface area contributed by atoms with Crippen LogP contribution in [0.15, 0.2) is 42.5 Å². The van der Waals surface area contributed by atoms with Crippen LogP contribution < -0.4 is 19.5 Å². The van der Waals surface area contributed by atoms with E-state index in [2.05, 4.69) is 19.2 Å². The van der Waals surface area contributed by atoms with Crippen molar-refractivity contribution in [2.24, 2.45) is 5.92 Å². The van der Waals surface area contributed by atoms with Gasteiger partial charge in [-0.05, 0) is 43.2 Å². The van der Waals surface area contributed by atoms with Crippen LogP contribution in [0.1, 0.15) is 36.7 Å². The van der Waals surface area contributed by atoms with Crippen molar-refractivity contribution in [1.29, 1.82) is 0 Å². The number of carbonyl (C=O) groups excluding carboxylic acids is 1. The Labute approximate surface area is 155 Å². The Kier molecular flexibility index (Phi) is 7.33. The minimum atomic E-state index is -0.0970. The summed E-state index contributed by atoms with van der Waals surface area (Å²) in [6, 6.07) is 12.9. The fourth-order valence-electron chi connectivity index (χ4n) is 2.42. The van der Waals surface area contributed by atoms with Crippen LogP contribution >= 0.6 is 0 Å². The second-order valence-corrected chi connectivity index (χ2v) is 6.30. The van der Waals surface area contributed by atoms with Crippen LogP contribution in [0, 0.1) is 5.92 Å². The van der Waals surface area contributed by atoms with Crippen LogP contribution in [-0.4, -0.2) is 26.2 Å². The molecule has 0 saturated carbocycles. The van der Waals surface area contributed by atoms with Gasteiger partial charge in [-0.25, -0.2) is 0 Å². The van der Waals surface area contributed by atoms with Crippen LogP contribution in [-0.2, 0) is 6.61 Å². The van der Waals surface area contributed by atoms with Crippen LogP contribution in [0.5, 0.6) is 17.2 Å². The van der Waals surface area contributed by atoms with Gasteiger partial charge in [0.1, 0.15) is 12.4 Å². The molecule has 0 spiro atoms. The number of para-hydroxylation sites is 2. The maximum absolute atomic E-state index is 12.3. The van der Waals surface area contributed by atoms with E-state index in [-0.39, 0.29) is 12.5 Å². The van der Waals surface area contributed by atoms with Crippen molar-refractivity contribution in [2.75, 3.05) is 20.3 Å². The first-order valence-electron chi connectivity index (χ1n) is 8.84. The molecule has 2 rings (SSSR count). The van der Waals surface area contributed by atoms with Crippen LogP contribution in [0.3, 0.4) is 0 Å². The first-order valence-corrected chi connectivity index (χ1v) is 8.84. The Morgan fingerprint density at radius 3 is 2.42 bits per heavy atom. The predicted octanol–water partition coefficient (Wildman–Crippen LogP) is 4.06. The van der Waals surface area contributed by atoms with Crippen molar-refractivity contribution in [1.82, 2.24) is 5.32 Å². The van der Waals surface area contributed by atoms with E-state index in [1.165, 1.54) is 0 Å². The molecule has 0 heterocycles. The normalized spacial score (nSPS) is 10.5. The summed E-state index contributed by atoms with van der Waals surface area (Å²) in [6.07, 6.45) is 0. The standard InChI is InChI=1S/C21H27NO4/c1-5-25-18-11-10-16(21(23)22-13-15(2)3)12-17(18)14-26-20-9-7-6-8-19(20)24-4/h6-12,15H,5,13-14H2,1-4H3,(H,22,23). The summed E-state index contributed by atoms with van der Waals surface area (Å²) in [5.41, 5.74) is 1.41. The van der Waals surface area contributed by atoms with Crippen molar-refractivity contribution in [2.45, 2.75) is 27.4 Å². The Balaban J connectivity index is 2.18. The number of rotatable bonds is 9. The van der Waals surface area contributed by atoms with Crippen LogP contribution in [0.4, 0.5) is 0 Å². The number of hydrogen-bond donors (Lipinski definition) is 1. The molecule has 0 aliphatic rings. The summed E-state index contributed by atoms with van der Waals surface area (Å²) >= 11 is 0. The molecule has 0 aromatic heterocycles. The summed E-state index contributed by atoms with van der Waals surface area (Å²) in [7, 11) is 1.60. The van der Waals surface area contributed by atoms with E-state index < -0.39 is 0 Å². The number of benzene rings is 2. The third-order valence-electron chi connectivity index (χ3n) is 3.75. The fourth-order valence-corrected chi connectivity index (χ4v) is 2.42. The number of ether oxygens (including phenoxy) is 3. The Morgan fingerprint density at radius 2 is 1.77 bits per heavy atom. The molecule has 0 atom stereocenters. The Hall–Kier alpha value is -2.69. The molecule has 5 heteroatoms. The van der Waals surface area contributed by atoms with E-state index in [1.807, 2.05) is 43.3 Å². The molecule has 0 fully saturated rings. The van der Waals surface area contributed by atoms with Gasteiger partial charge in [-0.2, -0.15) is 0 Å². The molecule has 2 aromatic carbocycles. The minimum absolute atomic E-state index is 0.0970. The van der Waals surface area contributed by atoms with Crippen LogP contribution in [0.2, 0.25) is 0 Å². The lowest BCUT2D eigenvalue weighted by atomic mass is 10.1. The third kappa shape index (κ3) is 5.41. The minimum Gasteiger partial charge on any atom is -0.493 e. The van der Waals surface area contributed by atoms with Gasteiger partial charge in [0.2, 0.25) is 0 Å². The summed E-state index contributed by atoms with van der Waals surface area (Å²) in [5.74, 6) is 2.32. The highest BCUT2D eigenvalue weighted by atomic mass is 16.5. The van der Waals surface area contributed by atoms with Gasteiger partial charge in [0, 0.05) is 17.7 Å². The lowest BCUT2D eigenvalue weighted by Crippen LogP contribution is -2.27. The smallest absolute Gasteiger partial charge is 0.251 e. The predicted molar refractivity (Wildman–Crippen MR) is 102 cm³/mol. The second kappa shape index (κ2) is 9.70. The van der Waals surface area contributed by atoms with Crippen molar-refractivity contribution < 1.29 is 19.0 Å². The molecule has 0 aliphatic heterocycles. The molecule has 2 aromatic rings. The largest absolute Gasteiger partial charge is 0.493 e. The maximum Gasteiger partial charge on any atom is 0.251 e. The number of amides is 1. The molecule has 0 aliphatic carbocycles. The average molecular weight is 357 g/mol. The Bertz CT molecular complexity index is 728. The average Bonchev–Trinajstić information content (AvgIpc) is 2.65. The number of carbonyl (C=O) groups is 1. The number of nitrogens with one attached hydrogen (secondary N) is 1. The highest BCUT2D eigenvalue weighted by Gasteiger charge is 2.12. The zero-order chi connectivity index (χ0) is 18.9. The highest BCUT2D eigenvalue weighted by molar-refractivity contribution is 5.94. The van der Waals surface area contributed by atoms with Gasteiger partial charge >= 0.3 is 0 Å². The molecular weight excluding hydrogens is 330 g/mol. The van der Waals surface area contributed by atoms with Gasteiger partial charge in [0.05, 0.1) is 13.7 Å². The molecule has 0 saturated heterocycles.